The fraction of sp³-hybridized carbons (Fsp3) is 0.692. The van der Waals surface area contributed by atoms with E-state index in [0.29, 0.717) is 13.0 Å². The number of carbonyl (C=O) groups excluding carboxylic acids is 1. The smallest absolute Gasteiger partial charge is 0.472 e. The summed E-state index contributed by atoms with van der Waals surface area (Å²) in [4.78, 5) is 33.7. The zero-order valence-corrected chi connectivity index (χ0v) is 40.5. The van der Waals surface area contributed by atoms with Gasteiger partial charge in [-0.05, 0) is 89.9 Å². The molecule has 11 heteroatoms. The van der Waals surface area contributed by atoms with Crippen molar-refractivity contribution in [3.05, 3.63) is 85.1 Å². The minimum Gasteiger partial charge on any atom is -0.480 e. The minimum absolute atomic E-state index is 0.0175. The summed E-state index contributed by atoms with van der Waals surface area (Å²) in [7, 11) is -4.64. The Balaban J connectivity index is 4.24. The fourth-order valence-electron chi connectivity index (χ4n) is 6.37. The van der Waals surface area contributed by atoms with E-state index in [4.69, 9.17) is 29.4 Å². The van der Waals surface area contributed by atoms with Crippen LogP contribution in [0.2, 0.25) is 0 Å². The second-order valence-corrected chi connectivity index (χ2v) is 17.7. The maximum atomic E-state index is 12.7. The fourth-order valence-corrected chi connectivity index (χ4v) is 7.14. The summed E-state index contributed by atoms with van der Waals surface area (Å²) in [5.41, 5.74) is 5.37. The molecular weight excluding hydrogens is 814 g/mol. The van der Waals surface area contributed by atoms with E-state index < -0.39 is 45.1 Å². The summed E-state index contributed by atoms with van der Waals surface area (Å²) < 4.78 is 33.4. The van der Waals surface area contributed by atoms with Crippen molar-refractivity contribution in [1.82, 2.24) is 0 Å². The van der Waals surface area contributed by atoms with Crippen molar-refractivity contribution in [3.63, 3.8) is 0 Å². The largest absolute Gasteiger partial charge is 0.480 e. The van der Waals surface area contributed by atoms with Gasteiger partial charge in [-0.2, -0.15) is 0 Å². The van der Waals surface area contributed by atoms with Gasteiger partial charge in [0.25, 0.3) is 0 Å². The Morgan fingerprint density at radius 2 is 0.921 bits per heavy atom. The normalized spacial score (nSPS) is 14.5. The molecule has 0 saturated carbocycles. The quantitative estimate of drug-likeness (QED) is 0.0233. The Bertz CT molecular complexity index is 1320. The average molecular weight is 904 g/mol. The molecule has 0 fully saturated rings. The van der Waals surface area contributed by atoms with Crippen LogP contribution in [0.25, 0.3) is 0 Å². The van der Waals surface area contributed by atoms with Crippen LogP contribution in [-0.4, -0.2) is 60.5 Å². The van der Waals surface area contributed by atoms with E-state index in [1.807, 2.05) is 0 Å². The van der Waals surface area contributed by atoms with Gasteiger partial charge in [-0.3, -0.25) is 18.6 Å². The molecule has 0 aromatic heterocycles. The molecule has 0 aromatic rings. The number of rotatable bonds is 46. The summed E-state index contributed by atoms with van der Waals surface area (Å²) in [5, 5.41) is 8.92. The number of carboxylic acids is 1. The van der Waals surface area contributed by atoms with E-state index in [1.165, 1.54) is 89.9 Å². The van der Waals surface area contributed by atoms with Gasteiger partial charge in [0.05, 0.1) is 19.8 Å². The van der Waals surface area contributed by atoms with Crippen LogP contribution in [-0.2, 0) is 32.7 Å². The van der Waals surface area contributed by atoms with Gasteiger partial charge < -0.3 is 25.2 Å². The minimum atomic E-state index is -4.64. The molecular formula is C52H90NO9P. The lowest BCUT2D eigenvalue weighted by Crippen LogP contribution is -2.34. The third kappa shape index (κ3) is 46.9. The van der Waals surface area contributed by atoms with Crippen molar-refractivity contribution in [2.45, 2.75) is 206 Å². The Morgan fingerprint density at radius 3 is 1.38 bits per heavy atom. The molecule has 3 atom stereocenters. The van der Waals surface area contributed by atoms with Gasteiger partial charge in [-0.15, -0.1) is 0 Å². The number of hydrogen-bond donors (Lipinski definition) is 3. The molecule has 10 nitrogen and oxygen atoms in total. The first kappa shape index (κ1) is 60.2. The Labute approximate surface area is 384 Å². The van der Waals surface area contributed by atoms with E-state index in [9.17, 15) is 19.0 Å². The van der Waals surface area contributed by atoms with Gasteiger partial charge in [-0.25, -0.2) is 4.57 Å². The van der Waals surface area contributed by atoms with Gasteiger partial charge in [0, 0.05) is 13.0 Å². The van der Waals surface area contributed by atoms with E-state index in [0.717, 1.165) is 77.0 Å². The lowest BCUT2D eigenvalue weighted by molar-refractivity contribution is -0.154. The highest BCUT2D eigenvalue weighted by atomic mass is 31.2. The lowest BCUT2D eigenvalue weighted by atomic mass is 10.0. The molecule has 0 aromatic carbocycles. The van der Waals surface area contributed by atoms with Crippen LogP contribution in [0.3, 0.4) is 0 Å². The predicted octanol–water partition coefficient (Wildman–Crippen LogP) is 14.3. The number of carbonyl (C=O) groups is 2. The Hall–Kier alpha value is -2.85. The van der Waals surface area contributed by atoms with Crippen LogP contribution in [0, 0.1) is 0 Å². The molecule has 63 heavy (non-hydrogen) atoms. The van der Waals surface area contributed by atoms with Crippen LogP contribution >= 0.6 is 7.82 Å². The molecule has 0 saturated heterocycles. The average Bonchev–Trinajstić information content (AvgIpc) is 3.26. The second kappa shape index (κ2) is 47.1. The molecule has 0 rings (SSSR count). The molecule has 0 radical (unpaired) electrons. The molecule has 0 aliphatic heterocycles. The van der Waals surface area contributed by atoms with Gasteiger partial charge in [0.2, 0.25) is 0 Å². The standard InChI is InChI=1S/C52H90NO9P/c1-3-5-7-9-11-13-15-17-19-21-23-24-25-26-27-28-30-32-34-36-38-40-42-44-51(54)62-49(47-60-63(57,58)61-48-50(53)52(55)56)46-59-45-43-41-39-37-35-33-31-29-22-20-18-16-14-12-10-8-6-4-2/h6,8,12,14-15,17-18,20-21,23,29,31,35,37,49-50H,3-5,7,9-11,13,16,19,22,24-28,30,32-34,36,38-48,53H2,1-2H3,(H,55,56)(H,57,58)/b8-6-,14-12-,17-15-,20-18-,23-21-,31-29-,37-35-. The summed E-state index contributed by atoms with van der Waals surface area (Å²) >= 11 is 0. The van der Waals surface area contributed by atoms with Crippen LogP contribution in [0.5, 0.6) is 0 Å². The van der Waals surface area contributed by atoms with Crippen molar-refractivity contribution in [3.8, 4) is 0 Å². The summed E-state index contributed by atoms with van der Waals surface area (Å²) in [5.74, 6) is -1.80. The van der Waals surface area contributed by atoms with Crippen molar-refractivity contribution >= 4 is 19.8 Å². The summed E-state index contributed by atoms with van der Waals surface area (Å²) in [6, 6.07) is -1.49. The summed E-state index contributed by atoms with van der Waals surface area (Å²) in [6.45, 7) is 3.65. The first-order chi connectivity index (χ1) is 30.7. The zero-order chi connectivity index (χ0) is 46.2. The predicted molar refractivity (Wildman–Crippen MR) is 263 cm³/mol. The van der Waals surface area contributed by atoms with Crippen molar-refractivity contribution in [2.24, 2.45) is 5.73 Å². The highest BCUT2D eigenvalue weighted by Crippen LogP contribution is 2.43. The first-order valence-electron chi connectivity index (χ1n) is 24.6. The summed E-state index contributed by atoms with van der Waals surface area (Å²) in [6.07, 6.45) is 60.7. The third-order valence-corrected chi connectivity index (χ3v) is 11.1. The van der Waals surface area contributed by atoms with Gasteiger partial charge >= 0.3 is 19.8 Å². The van der Waals surface area contributed by atoms with Crippen LogP contribution in [0.15, 0.2) is 85.1 Å². The number of esters is 1. The molecule has 0 heterocycles. The number of aliphatic carboxylic acids is 1. The van der Waals surface area contributed by atoms with Gasteiger partial charge in [-0.1, -0.05) is 182 Å². The molecule has 0 aliphatic rings. The highest BCUT2D eigenvalue weighted by Gasteiger charge is 2.27. The first-order valence-corrected chi connectivity index (χ1v) is 26.1. The molecule has 0 bridgehead atoms. The van der Waals surface area contributed by atoms with Crippen molar-refractivity contribution < 1.29 is 42.7 Å². The lowest BCUT2D eigenvalue weighted by Gasteiger charge is -2.20. The molecule has 3 unspecified atom stereocenters. The number of nitrogens with two attached hydrogens (primary N) is 1. The van der Waals surface area contributed by atoms with Gasteiger partial charge in [0.1, 0.15) is 12.1 Å². The monoisotopic (exact) mass is 904 g/mol. The Morgan fingerprint density at radius 1 is 0.524 bits per heavy atom. The zero-order valence-electron chi connectivity index (χ0n) is 39.6. The van der Waals surface area contributed by atoms with E-state index in [1.54, 1.807) is 0 Å². The number of allylic oxidation sites excluding steroid dienone is 14. The SMILES string of the molecule is CC/C=C\C/C=C\C/C=C\C/C=C\C/C=C\CCCCOCC(COP(=O)(O)OCC(N)C(=O)O)OC(=O)CCCCCCCCCCCCC/C=C\C/C=C\CCCCCCC. The third-order valence-electron chi connectivity index (χ3n) is 10.2. The number of hydrogen-bond acceptors (Lipinski definition) is 8. The molecule has 0 aliphatic carbocycles. The van der Waals surface area contributed by atoms with Crippen LogP contribution in [0.4, 0.5) is 0 Å². The molecule has 0 amide bonds. The van der Waals surface area contributed by atoms with E-state index >= 15 is 0 Å². The van der Waals surface area contributed by atoms with Crippen molar-refractivity contribution in [1.29, 1.82) is 0 Å². The molecule has 4 N–H and O–H groups in total. The maximum Gasteiger partial charge on any atom is 0.472 e. The topological polar surface area (TPSA) is 155 Å². The van der Waals surface area contributed by atoms with Gasteiger partial charge in [0.15, 0.2) is 0 Å². The highest BCUT2D eigenvalue weighted by molar-refractivity contribution is 7.47. The van der Waals surface area contributed by atoms with E-state index in [-0.39, 0.29) is 13.0 Å². The number of phosphoric ester groups is 1. The van der Waals surface area contributed by atoms with Crippen LogP contribution in [0.1, 0.15) is 194 Å². The maximum absolute atomic E-state index is 12.7. The molecule has 362 valence electrons. The number of phosphoric acid groups is 1. The second-order valence-electron chi connectivity index (χ2n) is 16.2. The number of ether oxygens (including phenoxy) is 2. The number of unbranched alkanes of at least 4 members (excludes halogenated alkanes) is 18. The number of carboxylic acid groups (broad SMARTS) is 1. The van der Waals surface area contributed by atoms with Crippen LogP contribution < -0.4 is 5.73 Å². The van der Waals surface area contributed by atoms with E-state index in [2.05, 4.69) is 98.9 Å². The Kier molecular flexibility index (Phi) is 45.0. The van der Waals surface area contributed by atoms with Crippen molar-refractivity contribution in [2.75, 3.05) is 26.4 Å². The molecule has 0 spiro atoms.